The number of benzene rings is 2. The van der Waals surface area contributed by atoms with Crippen LogP contribution in [0.4, 0.5) is 5.69 Å². The zero-order valence-electron chi connectivity index (χ0n) is 17.6. The minimum Gasteiger partial charge on any atom is -0.495 e. The van der Waals surface area contributed by atoms with Gasteiger partial charge >= 0.3 is 0 Å². The molecule has 8 heteroatoms. The Bertz CT molecular complexity index is 1000. The van der Waals surface area contributed by atoms with E-state index in [-0.39, 0.29) is 16.6 Å². The van der Waals surface area contributed by atoms with E-state index in [1.807, 2.05) is 25.1 Å². The zero-order valence-corrected chi connectivity index (χ0v) is 18.4. The van der Waals surface area contributed by atoms with Crippen LogP contribution >= 0.6 is 0 Å². The van der Waals surface area contributed by atoms with Crippen LogP contribution in [0.3, 0.4) is 0 Å². The van der Waals surface area contributed by atoms with Gasteiger partial charge in [0.25, 0.3) is 5.91 Å². The average molecular weight is 433 g/mol. The Morgan fingerprint density at radius 2 is 1.83 bits per heavy atom. The maximum atomic E-state index is 13.1. The molecule has 1 N–H and O–H groups in total. The van der Waals surface area contributed by atoms with Crippen molar-refractivity contribution >= 4 is 21.6 Å². The van der Waals surface area contributed by atoms with Crippen LogP contribution in [-0.4, -0.2) is 44.9 Å². The highest BCUT2D eigenvalue weighted by atomic mass is 32.2. The Hall–Kier alpha value is -2.58. The van der Waals surface area contributed by atoms with Gasteiger partial charge in [-0.15, -0.1) is 0 Å². The molecular weight excluding hydrogens is 404 g/mol. The average Bonchev–Trinajstić information content (AvgIpc) is 2.74. The first-order valence-electron chi connectivity index (χ1n) is 10.0. The first kappa shape index (κ1) is 22.1. The maximum Gasteiger partial charge on any atom is 0.265 e. The molecule has 3 rings (SSSR count). The smallest absolute Gasteiger partial charge is 0.265 e. The van der Waals surface area contributed by atoms with Crippen LogP contribution in [0.2, 0.25) is 0 Å². The van der Waals surface area contributed by atoms with Crippen molar-refractivity contribution in [1.29, 1.82) is 0 Å². The van der Waals surface area contributed by atoms with E-state index in [0.29, 0.717) is 24.5 Å². The van der Waals surface area contributed by atoms with Crippen LogP contribution < -0.4 is 14.8 Å². The molecule has 0 radical (unpaired) electrons. The number of anilines is 1. The molecule has 1 aliphatic heterocycles. The van der Waals surface area contributed by atoms with Crippen LogP contribution in [0.1, 0.15) is 31.7 Å². The van der Waals surface area contributed by atoms with E-state index in [2.05, 4.69) is 5.32 Å². The molecule has 0 spiro atoms. The number of carbonyl (C=O) groups excluding carboxylic acids is 1. The number of hydrogen-bond acceptors (Lipinski definition) is 5. The van der Waals surface area contributed by atoms with Gasteiger partial charge in [0.2, 0.25) is 10.0 Å². The normalized spacial score (nSPS) is 16.0. The van der Waals surface area contributed by atoms with Gasteiger partial charge in [0.05, 0.1) is 7.11 Å². The van der Waals surface area contributed by atoms with E-state index >= 15 is 0 Å². The van der Waals surface area contributed by atoms with Gasteiger partial charge in [-0.2, -0.15) is 4.31 Å². The van der Waals surface area contributed by atoms with E-state index in [1.54, 1.807) is 25.1 Å². The largest absolute Gasteiger partial charge is 0.495 e. The van der Waals surface area contributed by atoms with Gasteiger partial charge in [-0.25, -0.2) is 8.42 Å². The molecule has 0 unspecified atom stereocenters. The van der Waals surface area contributed by atoms with E-state index in [0.717, 1.165) is 24.8 Å². The monoisotopic (exact) mass is 432 g/mol. The lowest BCUT2D eigenvalue weighted by molar-refractivity contribution is -0.122. The maximum absolute atomic E-state index is 13.1. The zero-order chi connectivity index (χ0) is 21.7. The second-order valence-corrected chi connectivity index (χ2v) is 9.30. The summed E-state index contributed by atoms with van der Waals surface area (Å²) in [7, 11) is -2.28. The summed E-state index contributed by atoms with van der Waals surface area (Å²) < 4.78 is 38.7. The number of aryl methyl sites for hydroxylation is 1. The molecule has 7 nitrogen and oxygen atoms in total. The van der Waals surface area contributed by atoms with Crippen LogP contribution in [0.25, 0.3) is 0 Å². The van der Waals surface area contributed by atoms with Crippen LogP contribution in [-0.2, 0) is 14.8 Å². The van der Waals surface area contributed by atoms with Gasteiger partial charge in [-0.05, 0) is 62.6 Å². The molecule has 0 aromatic heterocycles. The number of ether oxygens (including phenoxy) is 2. The van der Waals surface area contributed by atoms with E-state index in [4.69, 9.17) is 9.47 Å². The van der Waals surface area contributed by atoms with Gasteiger partial charge in [0, 0.05) is 18.8 Å². The van der Waals surface area contributed by atoms with Gasteiger partial charge in [0.15, 0.2) is 6.10 Å². The standard InChI is InChI=1S/C22H28N2O5S/c1-16-8-7-9-19(14-16)29-17(2)22(25)23-18-10-11-20(28-3)21(15-18)30(26,27)24-12-5-4-6-13-24/h7-11,14-15,17H,4-6,12-13H2,1-3H3,(H,23,25)/t17-/m1/s1. The van der Waals surface area contributed by atoms with Crippen molar-refractivity contribution in [2.75, 3.05) is 25.5 Å². The molecule has 1 heterocycles. The van der Waals surface area contributed by atoms with Crippen LogP contribution in [0.15, 0.2) is 47.4 Å². The first-order chi connectivity index (χ1) is 14.3. The Morgan fingerprint density at radius 1 is 1.10 bits per heavy atom. The number of sulfonamides is 1. The molecule has 2 aromatic rings. The molecule has 1 amide bonds. The summed E-state index contributed by atoms with van der Waals surface area (Å²) in [5.41, 5.74) is 1.40. The highest BCUT2D eigenvalue weighted by Gasteiger charge is 2.29. The van der Waals surface area contributed by atoms with Crippen molar-refractivity contribution in [3.05, 3.63) is 48.0 Å². The third kappa shape index (κ3) is 5.12. The third-order valence-corrected chi connectivity index (χ3v) is 6.96. The van der Waals surface area contributed by atoms with Gasteiger partial charge in [0.1, 0.15) is 16.4 Å². The molecule has 162 valence electrons. The lowest BCUT2D eigenvalue weighted by Crippen LogP contribution is -2.36. The molecule has 1 fully saturated rings. The number of methoxy groups -OCH3 is 1. The molecular formula is C22H28N2O5S. The van der Waals surface area contributed by atoms with Crippen molar-refractivity contribution in [2.45, 2.75) is 44.1 Å². The fourth-order valence-electron chi connectivity index (χ4n) is 3.39. The number of nitrogens with one attached hydrogen (secondary N) is 1. The number of nitrogens with zero attached hydrogens (tertiary/aromatic N) is 1. The van der Waals surface area contributed by atoms with Crippen LogP contribution in [0, 0.1) is 6.92 Å². The topological polar surface area (TPSA) is 84.9 Å². The predicted molar refractivity (Wildman–Crippen MR) is 116 cm³/mol. The van der Waals surface area contributed by atoms with Crippen molar-refractivity contribution in [3.63, 3.8) is 0 Å². The Labute approximate surface area is 178 Å². The fraction of sp³-hybridized carbons (Fsp3) is 0.409. The van der Waals surface area contributed by atoms with E-state index in [9.17, 15) is 13.2 Å². The molecule has 1 aliphatic rings. The highest BCUT2D eigenvalue weighted by Crippen LogP contribution is 2.31. The molecule has 0 bridgehead atoms. The van der Waals surface area contributed by atoms with Crippen molar-refractivity contribution < 1.29 is 22.7 Å². The number of hydrogen-bond donors (Lipinski definition) is 1. The van der Waals surface area contributed by atoms with E-state index < -0.39 is 16.1 Å². The second-order valence-electron chi connectivity index (χ2n) is 7.40. The SMILES string of the molecule is COc1ccc(NC(=O)[C@@H](C)Oc2cccc(C)c2)cc1S(=O)(=O)N1CCCCC1. The molecule has 2 aromatic carbocycles. The van der Waals surface area contributed by atoms with Gasteiger partial charge in [-0.1, -0.05) is 18.6 Å². The Morgan fingerprint density at radius 3 is 2.50 bits per heavy atom. The summed E-state index contributed by atoms with van der Waals surface area (Å²) in [6.07, 6.45) is 1.95. The third-order valence-electron chi connectivity index (χ3n) is 5.04. The summed E-state index contributed by atoms with van der Waals surface area (Å²) in [5.74, 6) is 0.478. The summed E-state index contributed by atoms with van der Waals surface area (Å²) in [6.45, 7) is 4.57. The number of amides is 1. The minimum absolute atomic E-state index is 0.0527. The van der Waals surface area contributed by atoms with E-state index in [1.165, 1.54) is 17.5 Å². The van der Waals surface area contributed by atoms with Gasteiger partial charge < -0.3 is 14.8 Å². The molecule has 0 aliphatic carbocycles. The van der Waals surface area contributed by atoms with Crippen molar-refractivity contribution in [1.82, 2.24) is 4.31 Å². The second kappa shape index (κ2) is 9.49. The lowest BCUT2D eigenvalue weighted by atomic mass is 10.2. The number of carbonyl (C=O) groups is 1. The summed E-state index contributed by atoms with van der Waals surface area (Å²) in [6, 6.07) is 12.0. The Kier molecular flexibility index (Phi) is 6.99. The number of piperidine rings is 1. The van der Waals surface area contributed by atoms with Crippen LogP contribution in [0.5, 0.6) is 11.5 Å². The summed E-state index contributed by atoms with van der Waals surface area (Å²) in [4.78, 5) is 12.6. The lowest BCUT2D eigenvalue weighted by Gasteiger charge is -2.26. The van der Waals surface area contributed by atoms with Crippen molar-refractivity contribution in [2.24, 2.45) is 0 Å². The Balaban J connectivity index is 1.78. The quantitative estimate of drug-likeness (QED) is 0.723. The molecule has 30 heavy (non-hydrogen) atoms. The van der Waals surface area contributed by atoms with Crippen molar-refractivity contribution in [3.8, 4) is 11.5 Å². The fourth-order valence-corrected chi connectivity index (χ4v) is 5.09. The number of rotatable bonds is 7. The highest BCUT2D eigenvalue weighted by molar-refractivity contribution is 7.89. The summed E-state index contributed by atoms with van der Waals surface area (Å²) >= 11 is 0. The molecule has 1 saturated heterocycles. The summed E-state index contributed by atoms with van der Waals surface area (Å²) in [5, 5.41) is 2.74. The predicted octanol–water partition coefficient (Wildman–Crippen LogP) is 3.58. The van der Waals surface area contributed by atoms with Gasteiger partial charge in [-0.3, -0.25) is 4.79 Å². The first-order valence-corrected chi connectivity index (χ1v) is 11.5. The minimum atomic E-state index is -3.71. The molecule has 1 atom stereocenters. The molecule has 0 saturated carbocycles.